The maximum atomic E-state index is 13.0. The first-order chi connectivity index (χ1) is 12.0. The summed E-state index contributed by atoms with van der Waals surface area (Å²) in [6.07, 6.45) is 2.28. The Hall–Kier alpha value is -2.70. The lowest BCUT2D eigenvalue weighted by atomic mass is 9.90. The van der Waals surface area contributed by atoms with Gasteiger partial charge in [-0.25, -0.2) is 9.37 Å². The highest BCUT2D eigenvalue weighted by Gasteiger charge is 2.42. The lowest BCUT2D eigenvalue weighted by Gasteiger charge is -2.22. The normalized spacial score (nSPS) is 19.7. The Balaban J connectivity index is 1.72. The molecule has 0 aliphatic carbocycles. The smallest absolute Gasteiger partial charge is 0.313 e. The summed E-state index contributed by atoms with van der Waals surface area (Å²) in [6, 6.07) is 7.34. The third-order valence-corrected chi connectivity index (χ3v) is 4.18. The number of hydrogen-bond acceptors (Lipinski definition) is 6. The van der Waals surface area contributed by atoms with Crippen LogP contribution in [0.1, 0.15) is 20.3 Å². The minimum Gasteiger partial charge on any atom is -0.466 e. The van der Waals surface area contributed by atoms with Crippen LogP contribution in [0.15, 0.2) is 36.5 Å². The number of anilines is 1. The second kappa shape index (κ2) is 7.04. The van der Waals surface area contributed by atoms with E-state index < -0.39 is 5.41 Å². The first-order valence-electron chi connectivity index (χ1n) is 8.19. The quantitative estimate of drug-likeness (QED) is 0.776. The van der Waals surface area contributed by atoms with Gasteiger partial charge in [0.05, 0.1) is 12.0 Å². The Morgan fingerprint density at radius 1 is 1.32 bits per heavy atom. The second-order valence-corrected chi connectivity index (χ2v) is 6.20. The molecule has 0 amide bonds. The molecule has 3 rings (SSSR count). The number of halogens is 1. The van der Waals surface area contributed by atoms with Crippen molar-refractivity contribution in [3.8, 4) is 11.6 Å². The summed E-state index contributed by atoms with van der Waals surface area (Å²) in [5.41, 5.74) is -0.562. The molecule has 6 nitrogen and oxygen atoms in total. The molecule has 132 valence electrons. The van der Waals surface area contributed by atoms with E-state index in [9.17, 15) is 9.18 Å². The van der Waals surface area contributed by atoms with Crippen molar-refractivity contribution in [3.05, 3.63) is 42.3 Å². The highest BCUT2D eigenvalue weighted by molar-refractivity contribution is 5.78. The topological polar surface area (TPSA) is 64.5 Å². The lowest BCUT2D eigenvalue weighted by molar-refractivity contribution is -0.153. The summed E-state index contributed by atoms with van der Waals surface area (Å²) >= 11 is 0. The van der Waals surface area contributed by atoms with Gasteiger partial charge >= 0.3 is 5.97 Å². The number of carbonyl (C=O) groups excluding carboxylic acids is 1. The molecule has 25 heavy (non-hydrogen) atoms. The molecule has 1 unspecified atom stereocenters. The number of esters is 1. The molecular formula is C18H20FN3O3. The van der Waals surface area contributed by atoms with Crippen molar-refractivity contribution in [2.45, 2.75) is 20.3 Å². The number of hydrogen-bond donors (Lipinski definition) is 0. The van der Waals surface area contributed by atoms with Crippen LogP contribution in [0.2, 0.25) is 0 Å². The van der Waals surface area contributed by atoms with E-state index in [4.69, 9.17) is 9.47 Å². The molecule has 0 radical (unpaired) electrons. The van der Waals surface area contributed by atoms with Crippen molar-refractivity contribution in [1.29, 1.82) is 0 Å². The fourth-order valence-electron chi connectivity index (χ4n) is 2.77. The number of nitrogens with zero attached hydrogens (tertiary/aromatic N) is 3. The predicted molar refractivity (Wildman–Crippen MR) is 90.1 cm³/mol. The molecule has 2 aromatic rings. The van der Waals surface area contributed by atoms with E-state index in [1.807, 2.05) is 11.8 Å². The number of ether oxygens (including phenoxy) is 2. The monoisotopic (exact) mass is 345 g/mol. The van der Waals surface area contributed by atoms with Crippen LogP contribution in [0, 0.1) is 11.2 Å². The molecule has 0 N–H and O–H groups in total. The van der Waals surface area contributed by atoms with E-state index in [1.54, 1.807) is 19.2 Å². The molecule has 2 heterocycles. The number of carbonyl (C=O) groups is 1. The first-order valence-corrected chi connectivity index (χ1v) is 8.19. The molecule has 1 fully saturated rings. The largest absolute Gasteiger partial charge is 0.466 e. The molecule has 1 aliphatic rings. The van der Waals surface area contributed by atoms with E-state index in [1.165, 1.54) is 24.3 Å². The summed E-state index contributed by atoms with van der Waals surface area (Å²) < 4.78 is 23.8. The molecule has 1 aromatic carbocycles. The van der Waals surface area contributed by atoms with Crippen LogP contribution < -0.4 is 9.64 Å². The van der Waals surface area contributed by atoms with Gasteiger partial charge in [0.25, 0.3) is 0 Å². The van der Waals surface area contributed by atoms with Crippen molar-refractivity contribution < 1.29 is 18.7 Å². The summed E-state index contributed by atoms with van der Waals surface area (Å²) in [6.45, 7) is 5.21. The Morgan fingerprint density at radius 3 is 2.80 bits per heavy atom. The van der Waals surface area contributed by atoms with E-state index in [2.05, 4.69) is 9.97 Å². The van der Waals surface area contributed by atoms with Crippen LogP contribution in [-0.4, -0.2) is 35.6 Å². The van der Waals surface area contributed by atoms with Gasteiger partial charge in [0.1, 0.15) is 11.6 Å². The van der Waals surface area contributed by atoms with Crippen molar-refractivity contribution in [3.63, 3.8) is 0 Å². The van der Waals surface area contributed by atoms with Crippen LogP contribution in [0.25, 0.3) is 0 Å². The van der Waals surface area contributed by atoms with Gasteiger partial charge in [-0.1, -0.05) is 0 Å². The number of rotatable bonds is 5. The third-order valence-electron chi connectivity index (χ3n) is 4.18. The Bertz CT molecular complexity index is 753. The van der Waals surface area contributed by atoms with Crippen molar-refractivity contribution in [2.75, 3.05) is 24.6 Å². The number of benzene rings is 1. The van der Waals surface area contributed by atoms with Gasteiger partial charge in [-0.2, -0.15) is 4.98 Å². The van der Waals surface area contributed by atoms with Crippen molar-refractivity contribution in [2.24, 2.45) is 5.41 Å². The van der Waals surface area contributed by atoms with Crippen LogP contribution in [0.4, 0.5) is 10.3 Å². The zero-order valence-electron chi connectivity index (χ0n) is 14.2. The van der Waals surface area contributed by atoms with Crippen LogP contribution in [0.3, 0.4) is 0 Å². The summed E-state index contributed by atoms with van der Waals surface area (Å²) in [4.78, 5) is 22.7. The van der Waals surface area contributed by atoms with E-state index in [-0.39, 0.29) is 11.8 Å². The maximum Gasteiger partial charge on any atom is 0.313 e. The fourth-order valence-corrected chi connectivity index (χ4v) is 2.77. The van der Waals surface area contributed by atoms with Gasteiger partial charge in [-0.05, 0) is 44.5 Å². The molecular weight excluding hydrogens is 325 g/mol. The molecule has 0 bridgehead atoms. The Kier molecular flexibility index (Phi) is 4.83. The lowest BCUT2D eigenvalue weighted by Crippen LogP contribution is -2.34. The average molecular weight is 345 g/mol. The van der Waals surface area contributed by atoms with Crippen molar-refractivity contribution >= 4 is 11.9 Å². The van der Waals surface area contributed by atoms with Gasteiger partial charge in [-0.3, -0.25) is 4.79 Å². The van der Waals surface area contributed by atoms with Crippen LogP contribution in [0.5, 0.6) is 11.6 Å². The molecule has 1 atom stereocenters. The summed E-state index contributed by atoms with van der Waals surface area (Å²) in [5.74, 6) is 0.820. The van der Waals surface area contributed by atoms with E-state index >= 15 is 0 Å². The third kappa shape index (κ3) is 3.87. The van der Waals surface area contributed by atoms with Crippen molar-refractivity contribution in [1.82, 2.24) is 9.97 Å². The van der Waals surface area contributed by atoms with E-state index in [0.29, 0.717) is 43.7 Å². The Labute approximate surface area is 145 Å². The standard InChI is InChI=1S/C18H20FN3O3/c1-3-24-16(23)18(2)9-11-22(12-18)17-20-10-8-15(21-17)25-14-6-4-13(19)5-7-14/h4-8,10H,3,9,11-12H2,1-2H3. The maximum absolute atomic E-state index is 13.0. The molecule has 1 aromatic heterocycles. The zero-order chi connectivity index (χ0) is 17.9. The van der Waals surface area contributed by atoms with Gasteiger partial charge in [0.15, 0.2) is 0 Å². The van der Waals surface area contributed by atoms with Gasteiger partial charge in [0.2, 0.25) is 11.8 Å². The molecule has 1 aliphatic heterocycles. The second-order valence-electron chi connectivity index (χ2n) is 6.20. The van der Waals surface area contributed by atoms with Gasteiger partial charge in [-0.15, -0.1) is 0 Å². The van der Waals surface area contributed by atoms with Crippen LogP contribution in [-0.2, 0) is 9.53 Å². The first kappa shape index (κ1) is 17.1. The molecule has 1 saturated heterocycles. The highest BCUT2D eigenvalue weighted by Crippen LogP contribution is 2.33. The zero-order valence-corrected chi connectivity index (χ0v) is 14.2. The van der Waals surface area contributed by atoms with Crippen LogP contribution >= 0.6 is 0 Å². The fraction of sp³-hybridized carbons (Fsp3) is 0.389. The molecule has 7 heteroatoms. The predicted octanol–water partition coefficient (Wildman–Crippen LogP) is 3.19. The van der Waals surface area contributed by atoms with E-state index in [0.717, 1.165) is 0 Å². The minimum atomic E-state index is -0.562. The van der Waals surface area contributed by atoms with Gasteiger partial charge in [0, 0.05) is 25.4 Å². The SMILES string of the molecule is CCOC(=O)C1(C)CCN(c2nccc(Oc3ccc(F)cc3)n2)C1. The molecule has 0 saturated carbocycles. The average Bonchev–Trinajstić information content (AvgIpc) is 3.01. The summed E-state index contributed by atoms with van der Waals surface area (Å²) in [5, 5.41) is 0. The number of aromatic nitrogens is 2. The minimum absolute atomic E-state index is 0.198. The highest BCUT2D eigenvalue weighted by atomic mass is 19.1. The molecule has 0 spiro atoms. The van der Waals surface area contributed by atoms with Gasteiger partial charge < -0.3 is 14.4 Å². The summed E-state index contributed by atoms with van der Waals surface area (Å²) in [7, 11) is 0. The Morgan fingerprint density at radius 2 is 2.08 bits per heavy atom.